The van der Waals surface area contributed by atoms with Crippen LogP contribution in [0.3, 0.4) is 0 Å². The van der Waals surface area contributed by atoms with Crippen LogP contribution in [0, 0.1) is 31.6 Å². The van der Waals surface area contributed by atoms with Crippen LogP contribution in [0.5, 0.6) is 0 Å². The Hall–Kier alpha value is -2.98. The van der Waals surface area contributed by atoms with Gasteiger partial charge >= 0.3 is 0 Å². The van der Waals surface area contributed by atoms with Crippen LogP contribution in [0.4, 0.5) is 0 Å². The first-order chi connectivity index (χ1) is 18.2. The number of terminal acetylenes is 2. The second-order valence-corrected chi connectivity index (χ2v) is 10.7. The van der Waals surface area contributed by atoms with Crippen molar-refractivity contribution in [2.24, 2.45) is 0 Å². The van der Waals surface area contributed by atoms with Crippen molar-refractivity contribution in [2.75, 3.05) is 39.7 Å². The van der Waals surface area contributed by atoms with Gasteiger partial charge in [0, 0.05) is 30.8 Å². The van der Waals surface area contributed by atoms with E-state index in [0.29, 0.717) is 25.4 Å². The van der Waals surface area contributed by atoms with Gasteiger partial charge in [0.2, 0.25) is 0 Å². The molecule has 0 radical (unpaired) electrons. The van der Waals surface area contributed by atoms with Crippen molar-refractivity contribution in [3.8, 4) is 24.7 Å². The van der Waals surface area contributed by atoms with Gasteiger partial charge in [0.1, 0.15) is 11.5 Å². The Balaban J connectivity index is 0.000000308. The number of hydrogen-bond acceptors (Lipinski definition) is 7. The van der Waals surface area contributed by atoms with Crippen molar-refractivity contribution in [1.29, 1.82) is 0 Å². The molecule has 0 spiro atoms. The van der Waals surface area contributed by atoms with E-state index in [1.807, 2.05) is 44.1 Å². The zero-order valence-electron chi connectivity index (χ0n) is 22.0. The Bertz CT molecular complexity index is 1240. The smallest absolute Gasteiger partial charge is 0.297 e. The number of furan rings is 2. The topological polar surface area (TPSA) is 76.1 Å². The van der Waals surface area contributed by atoms with E-state index in [0.717, 1.165) is 23.5 Å². The van der Waals surface area contributed by atoms with Crippen molar-refractivity contribution >= 4 is 21.7 Å². The van der Waals surface area contributed by atoms with E-state index in [1.54, 1.807) is 30.7 Å². The first kappa shape index (κ1) is 31.2. The van der Waals surface area contributed by atoms with Crippen molar-refractivity contribution in [2.45, 2.75) is 36.7 Å². The van der Waals surface area contributed by atoms with Crippen LogP contribution in [0.2, 0.25) is 0 Å². The largest absolute Gasteiger partial charge is 0.469 e. The normalized spacial score (nSPS) is 12.8. The van der Waals surface area contributed by atoms with Crippen molar-refractivity contribution < 1.29 is 21.4 Å². The van der Waals surface area contributed by atoms with Crippen molar-refractivity contribution in [3.05, 3.63) is 78.1 Å². The Morgan fingerprint density at radius 3 is 1.84 bits per heavy atom. The zero-order valence-corrected chi connectivity index (χ0v) is 23.6. The lowest BCUT2D eigenvalue weighted by Crippen LogP contribution is -2.38. The molecule has 0 fully saturated rings. The molecule has 0 unspecified atom stereocenters. The Morgan fingerprint density at radius 1 is 0.895 bits per heavy atom. The second kappa shape index (κ2) is 16.1. The van der Waals surface area contributed by atoms with E-state index in [-0.39, 0.29) is 23.6 Å². The molecule has 2 heterocycles. The molecule has 2 atom stereocenters. The lowest BCUT2D eigenvalue weighted by atomic mass is 10.1. The summed E-state index contributed by atoms with van der Waals surface area (Å²) < 4.78 is 40.5. The summed E-state index contributed by atoms with van der Waals surface area (Å²) in [6.45, 7) is 2.89. The van der Waals surface area contributed by atoms with Crippen LogP contribution in [-0.2, 0) is 27.1 Å². The number of alkyl halides is 1. The first-order valence-electron chi connectivity index (χ1n) is 12.0. The lowest BCUT2D eigenvalue weighted by molar-refractivity contribution is 0.172. The minimum absolute atomic E-state index is 0.00487. The van der Waals surface area contributed by atoms with Crippen LogP contribution in [0.25, 0.3) is 0 Å². The molecule has 3 rings (SSSR count). The lowest BCUT2D eigenvalue weighted by Gasteiger charge is -2.25. The van der Waals surface area contributed by atoms with Crippen LogP contribution in [0.1, 0.15) is 17.1 Å². The van der Waals surface area contributed by atoms with Gasteiger partial charge in [-0.3, -0.25) is 14.0 Å². The third-order valence-electron chi connectivity index (χ3n) is 5.87. The molecule has 3 aromatic rings. The van der Waals surface area contributed by atoms with Gasteiger partial charge in [-0.1, -0.05) is 29.5 Å². The minimum Gasteiger partial charge on any atom is -0.469 e. The first-order valence-corrected chi connectivity index (χ1v) is 14.0. The molecule has 9 heteroatoms. The van der Waals surface area contributed by atoms with Gasteiger partial charge < -0.3 is 8.83 Å². The maximum Gasteiger partial charge on any atom is 0.297 e. The molecule has 0 saturated heterocycles. The summed E-state index contributed by atoms with van der Waals surface area (Å²) >= 11 is 5.86. The highest BCUT2D eigenvalue weighted by atomic mass is 35.5. The molecular weight excluding hydrogens is 524 g/mol. The number of rotatable bonds is 13. The number of likely N-dealkylation sites (N-methyl/N-ethyl adjacent to an activating group) is 2. The third-order valence-corrected chi connectivity index (χ3v) is 7.52. The van der Waals surface area contributed by atoms with Crippen LogP contribution >= 0.6 is 11.6 Å². The molecule has 38 heavy (non-hydrogen) atoms. The predicted molar refractivity (Wildman–Crippen MR) is 150 cm³/mol. The molecule has 7 nitrogen and oxygen atoms in total. The number of aryl methyl sites for hydroxylation is 1. The van der Waals surface area contributed by atoms with Crippen LogP contribution in [0.15, 0.2) is 74.8 Å². The van der Waals surface area contributed by atoms with E-state index in [1.165, 1.54) is 12.1 Å². The van der Waals surface area contributed by atoms with Gasteiger partial charge in [-0.25, -0.2) is 0 Å². The maximum atomic E-state index is 12.3. The van der Waals surface area contributed by atoms with E-state index in [2.05, 4.69) is 16.7 Å². The monoisotopic (exact) mass is 558 g/mol. The quantitative estimate of drug-likeness (QED) is 0.174. The van der Waals surface area contributed by atoms with Gasteiger partial charge in [0.15, 0.2) is 0 Å². The summed E-state index contributed by atoms with van der Waals surface area (Å²) in [4.78, 5) is 4.06. The van der Waals surface area contributed by atoms with Gasteiger partial charge in [-0.15, -0.1) is 24.4 Å². The number of nitrogens with zero attached hydrogens (tertiary/aromatic N) is 2. The molecule has 2 aromatic heterocycles. The molecule has 0 bridgehead atoms. The summed E-state index contributed by atoms with van der Waals surface area (Å²) in [5.74, 6) is 7.40. The molecule has 0 saturated carbocycles. The number of hydrogen-bond donors (Lipinski definition) is 0. The minimum atomic E-state index is -3.81. The molecule has 0 N–H and O–H groups in total. The standard InChI is InChI=1S/C18H21NO4S.C11H14ClNO/c1-4-11-19(3)16(13-17-6-5-12-22-17)14-23-24(20,21)18-9-7-15(2)8-10-18;1-3-6-13(2)10(9-12)8-11-5-4-7-14-11/h1,5-10,12,16H,11,13-14H2,2-3H3;1,4-5,7,10H,6,8-9H2,2H3/t16-;10-/m00/s1. The van der Waals surface area contributed by atoms with E-state index < -0.39 is 10.1 Å². The fourth-order valence-corrected chi connectivity index (χ4v) is 4.77. The Morgan fingerprint density at radius 2 is 1.39 bits per heavy atom. The van der Waals surface area contributed by atoms with Gasteiger partial charge in [-0.05, 0) is 57.4 Å². The van der Waals surface area contributed by atoms with Crippen LogP contribution in [-0.4, -0.2) is 70.0 Å². The molecule has 0 aliphatic carbocycles. The Kier molecular flexibility index (Phi) is 13.2. The van der Waals surface area contributed by atoms with E-state index >= 15 is 0 Å². The van der Waals surface area contributed by atoms with Gasteiger partial charge in [-0.2, -0.15) is 8.42 Å². The second-order valence-electron chi connectivity index (χ2n) is 8.82. The van der Waals surface area contributed by atoms with E-state index in [9.17, 15) is 8.42 Å². The maximum absolute atomic E-state index is 12.3. The summed E-state index contributed by atoms with van der Waals surface area (Å²) in [5.41, 5.74) is 0.985. The summed E-state index contributed by atoms with van der Waals surface area (Å²) in [5, 5.41) is 0. The summed E-state index contributed by atoms with van der Waals surface area (Å²) in [6.07, 6.45) is 15.1. The van der Waals surface area contributed by atoms with Gasteiger partial charge in [0.05, 0.1) is 37.1 Å². The van der Waals surface area contributed by atoms with Crippen molar-refractivity contribution in [3.63, 3.8) is 0 Å². The van der Waals surface area contributed by atoms with E-state index in [4.69, 9.17) is 37.5 Å². The summed E-state index contributed by atoms with van der Waals surface area (Å²) in [6, 6.07) is 14.0. The number of halogens is 1. The molecular formula is C29H35ClN2O5S. The fraction of sp³-hybridized carbons (Fsp3) is 0.379. The van der Waals surface area contributed by atoms with Crippen LogP contribution < -0.4 is 0 Å². The fourth-order valence-electron chi connectivity index (χ4n) is 3.48. The van der Waals surface area contributed by atoms with Gasteiger partial charge in [0.25, 0.3) is 10.1 Å². The highest BCUT2D eigenvalue weighted by Gasteiger charge is 2.22. The third kappa shape index (κ3) is 10.4. The number of benzene rings is 1. The highest BCUT2D eigenvalue weighted by molar-refractivity contribution is 7.86. The molecule has 1 aromatic carbocycles. The van der Waals surface area contributed by atoms with Crippen molar-refractivity contribution in [1.82, 2.24) is 9.80 Å². The zero-order chi connectivity index (χ0) is 28.0. The summed E-state index contributed by atoms with van der Waals surface area (Å²) in [7, 11) is -0.0116. The Labute approximate surface area is 231 Å². The molecule has 204 valence electrons. The molecule has 0 aliphatic heterocycles. The molecule has 0 amide bonds. The SMILES string of the molecule is C#CCN(C)[C@H](CCl)Cc1ccco1.C#CCN(C)[C@H](COS(=O)(=O)c1ccc(C)cc1)Cc1ccco1. The average molecular weight is 559 g/mol. The average Bonchev–Trinajstić information content (AvgIpc) is 3.60. The predicted octanol–water partition coefficient (Wildman–Crippen LogP) is 4.46. The molecule has 0 aliphatic rings. The highest BCUT2D eigenvalue weighted by Crippen LogP contribution is 2.16.